The van der Waals surface area contributed by atoms with Crippen molar-refractivity contribution >= 4 is 5.78 Å². The summed E-state index contributed by atoms with van der Waals surface area (Å²) in [5.74, 6) is -1.16. The third-order valence-electron chi connectivity index (χ3n) is 1.58. The van der Waals surface area contributed by atoms with Crippen molar-refractivity contribution in [3.05, 3.63) is 24.7 Å². The molecule has 0 aromatic carbocycles. The predicted molar refractivity (Wildman–Crippen MR) is 48.4 cm³/mol. The lowest BCUT2D eigenvalue weighted by Gasteiger charge is -2.24. The predicted octanol–water partition coefficient (Wildman–Crippen LogP) is 1.23. The van der Waals surface area contributed by atoms with Crippen LogP contribution in [0.1, 0.15) is 19.8 Å². The van der Waals surface area contributed by atoms with Crippen LogP contribution in [0.4, 0.5) is 0 Å². The molecule has 0 radical (unpaired) electrons. The summed E-state index contributed by atoms with van der Waals surface area (Å²) in [5.41, 5.74) is -1.79. The Kier molecular flexibility index (Phi) is 3.69. The van der Waals surface area contributed by atoms with Gasteiger partial charge in [0, 0.05) is 12.8 Å². The number of carbonyl (C=O) groups is 1. The van der Waals surface area contributed by atoms with E-state index in [1.165, 1.54) is 6.92 Å². The smallest absolute Gasteiger partial charge is 0.134 e. The van der Waals surface area contributed by atoms with E-state index < -0.39 is 11.4 Å². The summed E-state index contributed by atoms with van der Waals surface area (Å²) in [6, 6.07) is 0. The fourth-order valence-electron chi connectivity index (χ4n) is 1.02. The van der Waals surface area contributed by atoms with Gasteiger partial charge in [-0.3, -0.25) is 4.79 Å². The van der Waals surface area contributed by atoms with E-state index >= 15 is 0 Å². The molecule has 0 aliphatic heterocycles. The number of hydrogen-bond acceptors (Lipinski definition) is 4. The third kappa shape index (κ3) is 3.75. The summed E-state index contributed by atoms with van der Waals surface area (Å²) >= 11 is 0. The molecular weight excluding hydrogens is 172 g/mol. The second-order valence-electron chi connectivity index (χ2n) is 3.10. The highest BCUT2D eigenvalue weighted by Gasteiger charge is 2.33. The molecule has 74 valence electrons. The monoisotopic (exact) mass is 186 g/mol. The molecule has 0 bridgehead atoms. The first-order valence-corrected chi connectivity index (χ1v) is 3.75. The van der Waals surface area contributed by atoms with E-state index in [2.05, 4.69) is 13.2 Å². The van der Waals surface area contributed by atoms with Gasteiger partial charge in [-0.05, 0) is 6.92 Å². The summed E-state index contributed by atoms with van der Waals surface area (Å²) in [5, 5.41) is 27.5. The lowest BCUT2D eigenvalue weighted by atomic mass is 9.91. The number of carbonyl (C=O) groups excluding carboxylic acids is 1. The molecule has 1 atom stereocenters. The topological polar surface area (TPSA) is 77.8 Å². The molecule has 0 amide bonds. The molecule has 0 heterocycles. The van der Waals surface area contributed by atoms with E-state index in [1.54, 1.807) is 0 Å². The minimum Gasteiger partial charge on any atom is -0.513 e. The highest BCUT2D eigenvalue weighted by atomic mass is 16.3. The minimum absolute atomic E-state index is 0.290. The molecule has 0 saturated carbocycles. The van der Waals surface area contributed by atoms with Crippen molar-refractivity contribution in [3.8, 4) is 0 Å². The van der Waals surface area contributed by atoms with Crippen molar-refractivity contribution < 1.29 is 20.1 Å². The first-order valence-electron chi connectivity index (χ1n) is 3.75. The van der Waals surface area contributed by atoms with Gasteiger partial charge in [-0.15, -0.1) is 0 Å². The quantitative estimate of drug-likeness (QED) is 0.564. The fourth-order valence-corrected chi connectivity index (χ4v) is 1.02. The second kappa shape index (κ2) is 4.09. The van der Waals surface area contributed by atoms with E-state index in [1.807, 2.05) is 0 Å². The van der Waals surface area contributed by atoms with E-state index in [-0.39, 0.29) is 24.4 Å². The van der Waals surface area contributed by atoms with Gasteiger partial charge in [-0.1, -0.05) is 13.2 Å². The van der Waals surface area contributed by atoms with Crippen LogP contribution in [-0.4, -0.2) is 26.7 Å². The van der Waals surface area contributed by atoms with Gasteiger partial charge in [-0.25, -0.2) is 0 Å². The van der Waals surface area contributed by atoms with Gasteiger partial charge < -0.3 is 15.3 Å². The zero-order chi connectivity index (χ0) is 10.6. The van der Waals surface area contributed by atoms with Gasteiger partial charge >= 0.3 is 0 Å². The fraction of sp³-hybridized carbons (Fsp3) is 0.444. The number of hydrogen-bond donors (Lipinski definition) is 3. The summed E-state index contributed by atoms with van der Waals surface area (Å²) in [4.78, 5) is 10.7. The number of ketones is 1. The van der Waals surface area contributed by atoms with Crippen molar-refractivity contribution in [2.24, 2.45) is 0 Å². The first kappa shape index (κ1) is 11.7. The van der Waals surface area contributed by atoms with E-state index in [9.17, 15) is 9.90 Å². The van der Waals surface area contributed by atoms with Crippen molar-refractivity contribution in [1.82, 2.24) is 0 Å². The Bertz CT molecular complexity index is 226. The number of rotatable bonds is 5. The van der Waals surface area contributed by atoms with Crippen LogP contribution >= 0.6 is 0 Å². The highest BCUT2D eigenvalue weighted by Crippen LogP contribution is 2.24. The van der Waals surface area contributed by atoms with Crippen LogP contribution < -0.4 is 0 Å². The van der Waals surface area contributed by atoms with Crippen LogP contribution in [0.15, 0.2) is 24.7 Å². The van der Waals surface area contributed by atoms with E-state index in [0.29, 0.717) is 0 Å². The molecule has 0 spiro atoms. The summed E-state index contributed by atoms with van der Waals surface area (Å²) in [6.07, 6.45) is -0.580. The molecule has 3 N–H and O–H groups in total. The molecule has 0 rings (SSSR count). The zero-order valence-electron chi connectivity index (χ0n) is 7.58. The zero-order valence-corrected chi connectivity index (χ0v) is 7.58. The lowest BCUT2D eigenvalue weighted by Crippen LogP contribution is -2.33. The van der Waals surface area contributed by atoms with Gasteiger partial charge in [-0.2, -0.15) is 0 Å². The molecule has 4 heteroatoms. The van der Waals surface area contributed by atoms with Crippen LogP contribution in [0.25, 0.3) is 0 Å². The average molecular weight is 186 g/mol. The Morgan fingerprint density at radius 3 is 2.00 bits per heavy atom. The van der Waals surface area contributed by atoms with Crippen LogP contribution in [0.3, 0.4) is 0 Å². The summed E-state index contributed by atoms with van der Waals surface area (Å²) < 4.78 is 0. The van der Waals surface area contributed by atoms with Crippen molar-refractivity contribution in [1.29, 1.82) is 0 Å². The van der Waals surface area contributed by atoms with Crippen molar-refractivity contribution in [3.63, 3.8) is 0 Å². The van der Waals surface area contributed by atoms with Gasteiger partial charge in [0.05, 0.1) is 5.76 Å². The summed E-state index contributed by atoms with van der Waals surface area (Å²) in [6.45, 7) is 7.57. The molecule has 0 saturated heterocycles. The molecule has 4 nitrogen and oxygen atoms in total. The number of aliphatic hydroxyl groups is 3. The molecule has 0 aromatic rings. The maximum atomic E-state index is 10.7. The molecule has 0 aliphatic rings. The molecule has 0 aromatic heterocycles. The molecule has 13 heavy (non-hydrogen) atoms. The van der Waals surface area contributed by atoms with Crippen LogP contribution in [0, 0.1) is 0 Å². The first-order chi connectivity index (χ1) is 5.78. The van der Waals surface area contributed by atoms with Gasteiger partial charge in [0.2, 0.25) is 0 Å². The van der Waals surface area contributed by atoms with E-state index in [4.69, 9.17) is 10.2 Å². The highest BCUT2D eigenvalue weighted by molar-refractivity contribution is 5.77. The standard InChI is InChI=1S/C9H14O4/c1-6(10)4-9(13,8(3)12)5-7(2)11/h10,12-13H,1,3-5H2,2H3. The summed E-state index contributed by atoms with van der Waals surface area (Å²) in [7, 11) is 0. The normalized spacial score (nSPS) is 14.6. The minimum atomic E-state index is -1.79. The largest absolute Gasteiger partial charge is 0.513 e. The lowest BCUT2D eigenvalue weighted by molar-refractivity contribution is -0.121. The molecule has 1 unspecified atom stereocenters. The van der Waals surface area contributed by atoms with Crippen LogP contribution in [0.2, 0.25) is 0 Å². The Morgan fingerprint density at radius 2 is 1.77 bits per heavy atom. The number of aliphatic hydroxyl groups excluding tert-OH is 2. The maximum Gasteiger partial charge on any atom is 0.134 e. The molecular formula is C9H14O4. The Labute approximate surface area is 76.8 Å². The van der Waals surface area contributed by atoms with Gasteiger partial charge in [0.25, 0.3) is 0 Å². The van der Waals surface area contributed by atoms with Crippen molar-refractivity contribution in [2.75, 3.05) is 0 Å². The van der Waals surface area contributed by atoms with Gasteiger partial charge in [0.15, 0.2) is 0 Å². The Morgan fingerprint density at radius 1 is 1.31 bits per heavy atom. The Balaban J connectivity index is 4.62. The van der Waals surface area contributed by atoms with Crippen LogP contribution in [-0.2, 0) is 4.79 Å². The molecule has 0 aliphatic carbocycles. The second-order valence-corrected chi connectivity index (χ2v) is 3.10. The van der Waals surface area contributed by atoms with Crippen molar-refractivity contribution in [2.45, 2.75) is 25.4 Å². The Hall–Kier alpha value is -1.29. The average Bonchev–Trinajstić information content (AvgIpc) is 1.82. The van der Waals surface area contributed by atoms with Gasteiger partial charge in [0.1, 0.15) is 17.1 Å². The SMILES string of the molecule is C=C(O)CC(O)(CC(C)=O)C(=C)O. The van der Waals surface area contributed by atoms with Crippen LogP contribution in [0.5, 0.6) is 0 Å². The van der Waals surface area contributed by atoms with E-state index in [0.717, 1.165) is 0 Å². The number of Topliss-reactive ketones (excluding diaryl/α,β-unsaturated/α-hetero) is 1. The maximum absolute atomic E-state index is 10.7. The third-order valence-corrected chi connectivity index (χ3v) is 1.58. The molecule has 0 fully saturated rings.